The van der Waals surface area contributed by atoms with Crippen LogP contribution in [0.15, 0.2) is 36.4 Å². The molecular weight excluding hydrogens is 302 g/mol. The van der Waals surface area contributed by atoms with Gasteiger partial charge in [-0.1, -0.05) is 23.7 Å². The van der Waals surface area contributed by atoms with Crippen LogP contribution in [0, 0.1) is 18.6 Å². The molecule has 0 bridgehead atoms. The Morgan fingerprint density at radius 3 is 2.55 bits per heavy atom. The van der Waals surface area contributed by atoms with Gasteiger partial charge in [-0.25, -0.2) is 8.78 Å². The first-order chi connectivity index (χ1) is 9.47. The zero-order valence-electron chi connectivity index (χ0n) is 10.5. The van der Waals surface area contributed by atoms with E-state index in [2.05, 4.69) is 10.6 Å². The molecule has 2 N–H and O–H groups in total. The molecule has 0 aliphatic heterocycles. The van der Waals surface area contributed by atoms with E-state index >= 15 is 0 Å². The maximum absolute atomic E-state index is 13.7. The zero-order valence-corrected chi connectivity index (χ0v) is 12.1. The van der Waals surface area contributed by atoms with Gasteiger partial charge in [-0.2, -0.15) is 0 Å². The van der Waals surface area contributed by atoms with Crippen LogP contribution >= 0.6 is 23.8 Å². The maximum atomic E-state index is 13.7. The molecule has 0 saturated carbocycles. The van der Waals surface area contributed by atoms with Gasteiger partial charge < -0.3 is 10.6 Å². The highest BCUT2D eigenvalue weighted by molar-refractivity contribution is 7.80. The first-order valence-electron chi connectivity index (χ1n) is 5.75. The topological polar surface area (TPSA) is 24.1 Å². The van der Waals surface area contributed by atoms with Crippen LogP contribution in [0.4, 0.5) is 20.2 Å². The summed E-state index contributed by atoms with van der Waals surface area (Å²) in [5.41, 5.74) is 1.50. The van der Waals surface area contributed by atoms with E-state index in [-0.39, 0.29) is 21.6 Å². The summed E-state index contributed by atoms with van der Waals surface area (Å²) in [4.78, 5) is 0. The molecule has 0 spiro atoms. The lowest BCUT2D eigenvalue weighted by molar-refractivity contribution is 0.628. The molecule has 2 nitrogen and oxygen atoms in total. The van der Waals surface area contributed by atoms with Gasteiger partial charge in [-0.15, -0.1) is 0 Å². The minimum atomic E-state index is -0.589. The largest absolute Gasteiger partial charge is 0.332 e. The predicted molar refractivity (Wildman–Crippen MR) is 82.4 cm³/mol. The van der Waals surface area contributed by atoms with Crippen molar-refractivity contribution in [1.82, 2.24) is 0 Å². The SMILES string of the molecule is Cc1ccc(F)cc1NC(=S)Nc1cccc(Cl)c1F. The van der Waals surface area contributed by atoms with Crippen LogP contribution in [0.2, 0.25) is 5.02 Å². The molecule has 6 heteroatoms. The van der Waals surface area contributed by atoms with E-state index in [1.807, 2.05) is 6.92 Å². The molecular formula is C14H11ClF2N2S. The molecule has 0 amide bonds. The third-order valence-corrected chi connectivity index (χ3v) is 3.14. The number of hydrogen-bond donors (Lipinski definition) is 2. The molecule has 0 radical (unpaired) electrons. The van der Waals surface area contributed by atoms with E-state index in [0.29, 0.717) is 5.69 Å². The number of benzene rings is 2. The average molecular weight is 313 g/mol. The molecule has 0 aromatic heterocycles. The summed E-state index contributed by atoms with van der Waals surface area (Å²) in [5.74, 6) is -0.968. The quantitative estimate of drug-likeness (QED) is 0.784. The highest BCUT2D eigenvalue weighted by atomic mass is 35.5. The Morgan fingerprint density at radius 1 is 1.10 bits per heavy atom. The van der Waals surface area contributed by atoms with Crippen LogP contribution in [0.25, 0.3) is 0 Å². The van der Waals surface area contributed by atoms with Gasteiger partial charge in [-0.05, 0) is 49.0 Å². The Labute approximate surface area is 125 Å². The smallest absolute Gasteiger partial charge is 0.175 e. The van der Waals surface area contributed by atoms with E-state index in [1.54, 1.807) is 12.1 Å². The summed E-state index contributed by atoms with van der Waals surface area (Å²) in [6.45, 7) is 1.81. The molecule has 0 fully saturated rings. The monoisotopic (exact) mass is 312 g/mol. The number of rotatable bonds is 2. The first kappa shape index (κ1) is 14.7. The Bertz CT molecular complexity index is 656. The van der Waals surface area contributed by atoms with E-state index in [9.17, 15) is 8.78 Å². The van der Waals surface area contributed by atoms with Crippen LogP contribution < -0.4 is 10.6 Å². The molecule has 2 rings (SSSR count). The summed E-state index contributed by atoms with van der Waals surface area (Å²) < 4.78 is 26.9. The Hall–Kier alpha value is -1.72. The van der Waals surface area contributed by atoms with Gasteiger partial charge in [0, 0.05) is 5.69 Å². The highest BCUT2D eigenvalue weighted by Crippen LogP contribution is 2.22. The fourth-order valence-electron chi connectivity index (χ4n) is 1.61. The molecule has 20 heavy (non-hydrogen) atoms. The van der Waals surface area contributed by atoms with E-state index in [0.717, 1.165) is 5.56 Å². The van der Waals surface area contributed by atoms with Crippen molar-refractivity contribution in [3.8, 4) is 0 Å². The third-order valence-electron chi connectivity index (χ3n) is 2.65. The standard InChI is InChI=1S/C14H11ClF2N2S/c1-8-5-6-9(16)7-12(8)19-14(20)18-11-4-2-3-10(15)13(11)17/h2-7H,1H3,(H2,18,19,20). The van der Waals surface area contributed by atoms with Crippen molar-refractivity contribution in [2.24, 2.45) is 0 Å². The number of aryl methyl sites for hydroxylation is 1. The second-order valence-electron chi connectivity index (χ2n) is 4.14. The fraction of sp³-hybridized carbons (Fsp3) is 0.0714. The molecule has 104 valence electrons. The van der Waals surface area contributed by atoms with Crippen molar-refractivity contribution in [3.63, 3.8) is 0 Å². The third kappa shape index (κ3) is 3.43. The summed E-state index contributed by atoms with van der Waals surface area (Å²) in [7, 11) is 0. The van der Waals surface area contributed by atoms with Crippen molar-refractivity contribution in [2.45, 2.75) is 6.92 Å². The molecule has 0 heterocycles. The van der Waals surface area contributed by atoms with Crippen molar-refractivity contribution in [2.75, 3.05) is 10.6 Å². The van der Waals surface area contributed by atoms with Gasteiger partial charge in [0.05, 0.1) is 10.7 Å². The number of thiocarbonyl (C=S) groups is 1. The fourth-order valence-corrected chi connectivity index (χ4v) is 2.00. The van der Waals surface area contributed by atoms with Crippen LogP contribution in [0.5, 0.6) is 0 Å². The van der Waals surface area contributed by atoms with Gasteiger partial charge in [0.1, 0.15) is 5.82 Å². The number of nitrogens with one attached hydrogen (secondary N) is 2. The lowest BCUT2D eigenvalue weighted by Gasteiger charge is -2.13. The summed E-state index contributed by atoms with van der Waals surface area (Å²) in [6.07, 6.45) is 0. The number of anilines is 2. The highest BCUT2D eigenvalue weighted by Gasteiger charge is 2.08. The van der Waals surface area contributed by atoms with Gasteiger partial charge >= 0.3 is 0 Å². The van der Waals surface area contributed by atoms with Crippen molar-refractivity contribution in [1.29, 1.82) is 0 Å². The second-order valence-corrected chi connectivity index (χ2v) is 4.96. The van der Waals surface area contributed by atoms with Gasteiger partial charge in [0.15, 0.2) is 10.9 Å². The molecule has 0 saturated heterocycles. The van der Waals surface area contributed by atoms with Crippen LogP contribution in [0.1, 0.15) is 5.56 Å². The predicted octanol–water partition coefficient (Wildman–Crippen LogP) is 4.74. The van der Waals surface area contributed by atoms with Gasteiger partial charge in [-0.3, -0.25) is 0 Å². The minimum absolute atomic E-state index is 0.000244. The maximum Gasteiger partial charge on any atom is 0.175 e. The second kappa shape index (κ2) is 6.15. The van der Waals surface area contributed by atoms with Crippen molar-refractivity contribution in [3.05, 3.63) is 58.6 Å². The molecule has 0 aliphatic carbocycles. The first-order valence-corrected chi connectivity index (χ1v) is 6.54. The van der Waals surface area contributed by atoms with Crippen molar-refractivity contribution < 1.29 is 8.78 Å². The van der Waals surface area contributed by atoms with E-state index in [4.69, 9.17) is 23.8 Å². The van der Waals surface area contributed by atoms with E-state index < -0.39 is 5.82 Å². The zero-order chi connectivity index (χ0) is 14.7. The number of halogens is 3. The van der Waals surface area contributed by atoms with Gasteiger partial charge in [0.2, 0.25) is 0 Å². The molecule has 2 aromatic rings. The van der Waals surface area contributed by atoms with Crippen LogP contribution in [-0.4, -0.2) is 5.11 Å². The molecule has 0 unspecified atom stereocenters. The average Bonchev–Trinajstić information content (AvgIpc) is 2.39. The Morgan fingerprint density at radius 2 is 1.80 bits per heavy atom. The lowest BCUT2D eigenvalue weighted by Crippen LogP contribution is -2.20. The molecule has 0 atom stereocenters. The summed E-state index contributed by atoms with van der Waals surface area (Å²) in [6, 6.07) is 8.85. The Kier molecular flexibility index (Phi) is 4.52. The number of hydrogen-bond acceptors (Lipinski definition) is 1. The van der Waals surface area contributed by atoms with Crippen molar-refractivity contribution >= 4 is 40.3 Å². The van der Waals surface area contributed by atoms with E-state index in [1.165, 1.54) is 24.3 Å². The molecule has 2 aromatic carbocycles. The van der Waals surface area contributed by atoms with Crippen LogP contribution in [0.3, 0.4) is 0 Å². The normalized spacial score (nSPS) is 10.2. The Balaban J connectivity index is 2.13. The van der Waals surface area contributed by atoms with Crippen LogP contribution in [-0.2, 0) is 0 Å². The summed E-state index contributed by atoms with van der Waals surface area (Å²) in [5, 5.41) is 5.65. The minimum Gasteiger partial charge on any atom is -0.332 e. The lowest BCUT2D eigenvalue weighted by atomic mass is 10.2. The van der Waals surface area contributed by atoms with Gasteiger partial charge in [0.25, 0.3) is 0 Å². The molecule has 0 aliphatic rings. The summed E-state index contributed by atoms with van der Waals surface area (Å²) >= 11 is 10.7.